The highest BCUT2D eigenvalue weighted by atomic mass is 32.2. The van der Waals surface area contributed by atoms with E-state index in [-0.39, 0.29) is 24.4 Å². The van der Waals surface area contributed by atoms with Gasteiger partial charge in [-0.05, 0) is 31.2 Å². The Labute approximate surface area is 219 Å². The molecule has 2 heterocycles. The van der Waals surface area contributed by atoms with Crippen LogP contribution < -0.4 is 5.32 Å². The van der Waals surface area contributed by atoms with E-state index < -0.39 is 64.1 Å². The van der Waals surface area contributed by atoms with Crippen LogP contribution in [0.15, 0.2) is 52.0 Å². The van der Waals surface area contributed by atoms with Crippen LogP contribution in [0, 0.1) is 24.7 Å². The maximum atomic E-state index is 13.5. The van der Waals surface area contributed by atoms with E-state index in [1.807, 2.05) is 6.92 Å². The molecule has 1 saturated heterocycles. The molecule has 2 aliphatic rings. The van der Waals surface area contributed by atoms with E-state index in [0.29, 0.717) is 5.76 Å². The molecule has 206 valence electrons. The van der Waals surface area contributed by atoms with E-state index in [1.165, 1.54) is 18.4 Å². The molecule has 2 N–H and O–H groups in total. The van der Waals surface area contributed by atoms with Crippen LogP contribution in [0.3, 0.4) is 0 Å². The largest absolute Gasteiger partial charge is 0.469 e. The fourth-order valence-corrected chi connectivity index (χ4v) is 6.78. The minimum atomic E-state index is -4.11. The van der Waals surface area contributed by atoms with E-state index >= 15 is 0 Å². The van der Waals surface area contributed by atoms with Crippen molar-refractivity contribution in [2.45, 2.75) is 36.5 Å². The highest BCUT2D eigenvalue weighted by Crippen LogP contribution is 2.49. The number of nitrogens with one attached hydrogen (secondary N) is 1. The summed E-state index contributed by atoms with van der Waals surface area (Å²) in [4.78, 5) is 38.3. The monoisotopic (exact) mass is 550 g/mol. The average molecular weight is 551 g/mol. The minimum Gasteiger partial charge on any atom is -0.469 e. The summed E-state index contributed by atoms with van der Waals surface area (Å²) >= 11 is 0. The number of methoxy groups -OCH3 is 2. The summed E-state index contributed by atoms with van der Waals surface area (Å²) in [6.45, 7) is 1.04. The predicted molar refractivity (Wildman–Crippen MR) is 130 cm³/mol. The van der Waals surface area contributed by atoms with Gasteiger partial charge in [-0.25, -0.2) is 13.2 Å². The molecular weight excluding hydrogens is 520 g/mol. The Kier molecular flexibility index (Phi) is 7.81. The summed E-state index contributed by atoms with van der Waals surface area (Å²) in [7, 11) is -1.83. The summed E-state index contributed by atoms with van der Waals surface area (Å²) in [5.74, 6) is -4.64. The Balaban J connectivity index is 1.67. The number of β-amino-alcohol motifs (C(OH)–C–C–N with tert-alkyl or cyclic N) is 1. The molecule has 13 heteroatoms. The Morgan fingerprint density at radius 3 is 2.42 bits per heavy atom. The van der Waals surface area contributed by atoms with Gasteiger partial charge in [0.2, 0.25) is 10.0 Å². The van der Waals surface area contributed by atoms with Crippen LogP contribution in [0.2, 0.25) is 0 Å². The van der Waals surface area contributed by atoms with E-state index in [9.17, 15) is 27.9 Å². The number of aliphatic hydroxyl groups is 1. The molecule has 1 amide bonds. The molecule has 1 aliphatic carbocycles. The minimum absolute atomic E-state index is 0.000442. The molecule has 2 aromatic rings. The Morgan fingerprint density at radius 1 is 1.13 bits per heavy atom. The summed E-state index contributed by atoms with van der Waals surface area (Å²) in [6.07, 6.45) is -1.11. The maximum absolute atomic E-state index is 13.5. The number of rotatable bonds is 7. The van der Waals surface area contributed by atoms with E-state index in [1.54, 1.807) is 24.3 Å². The molecule has 1 aliphatic heterocycles. The fraction of sp³-hybridized carbons (Fsp3) is 0.480. The third kappa shape index (κ3) is 5.13. The van der Waals surface area contributed by atoms with Crippen molar-refractivity contribution in [3.05, 3.63) is 54.0 Å². The van der Waals surface area contributed by atoms with Crippen LogP contribution in [0.1, 0.15) is 17.7 Å². The van der Waals surface area contributed by atoms with Crippen LogP contribution >= 0.6 is 0 Å². The quantitative estimate of drug-likeness (QED) is 0.379. The Bertz CT molecular complexity index is 1280. The fourth-order valence-electron chi connectivity index (χ4n) is 5.26. The van der Waals surface area contributed by atoms with E-state index in [0.717, 1.165) is 24.1 Å². The first kappa shape index (κ1) is 27.6. The number of hydrogen-bond acceptors (Lipinski definition) is 10. The third-order valence-corrected chi connectivity index (χ3v) is 9.06. The van der Waals surface area contributed by atoms with Crippen molar-refractivity contribution in [2.24, 2.45) is 17.8 Å². The van der Waals surface area contributed by atoms with Gasteiger partial charge in [0.05, 0.1) is 43.8 Å². The van der Waals surface area contributed by atoms with Crippen LogP contribution in [0.5, 0.6) is 0 Å². The second kappa shape index (κ2) is 10.8. The first-order chi connectivity index (χ1) is 18.0. The molecule has 1 aromatic carbocycles. The standard InChI is InChI=1S/C25H30N2O10S/c1-15-6-8-17(9-7-15)38(32,33)27-13-19-21(23(29)35-3)18(22(28)34-2)11-20(25(19,31)14-27)37-24(30)26-12-16-5-4-10-36-16/h4-10,18-21,31H,11-14H2,1-3H3,(H,26,30)/t18-,19?,20-,21-,25+/m0/s1. The molecule has 1 aromatic heterocycles. The summed E-state index contributed by atoms with van der Waals surface area (Å²) in [5, 5.41) is 14.4. The normalized spacial score (nSPS) is 27.3. The maximum Gasteiger partial charge on any atom is 0.407 e. The second-order valence-corrected chi connectivity index (χ2v) is 11.4. The number of nitrogens with zero attached hydrogens (tertiary/aromatic N) is 1. The molecule has 5 atom stereocenters. The number of sulfonamides is 1. The van der Waals surface area contributed by atoms with Crippen molar-refractivity contribution in [1.29, 1.82) is 0 Å². The lowest BCUT2D eigenvalue weighted by Crippen LogP contribution is -2.61. The Morgan fingerprint density at radius 2 is 1.82 bits per heavy atom. The number of fused-ring (bicyclic) bond motifs is 1. The number of furan rings is 1. The van der Waals surface area contributed by atoms with Crippen molar-refractivity contribution in [3.63, 3.8) is 0 Å². The van der Waals surface area contributed by atoms with Crippen LogP contribution in [-0.4, -0.2) is 74.9 Å². The summed E-state index contributed by atoms with van der Waals surface area (Å²) < 4.78 is 48.6. The molecule has 0 bridgehead atoms. The molecule has 2 fully saturated rings. The zero-order chi connectivity index (χ0) is 27.7. The Hall–Kier alpha value is -3.42. The van der Waals surface area contributed by atoms with Crippen LogP contribution in [0.25, 0.3) is 0 Å². The molecule has 38 heavy (non-hydrogen) atoms. The van der Waals surface area contributed by atoms with E-state index in [2.05, 4.69) is 5.32 Å². The number of carbonyl (C=O) groups is 3. The topological polar surface area (TPSA) is 162 Å². The first-order valence-corrected chi connectivity index (χ1v) is 13.4. The molecule has 12 nitrogen and oxygen atoms in total. The number of aryl methyl sites for hydroxylation is 1. The van der Waals surface area contributed by atoms with Crippen molar-refractivity contribution >= 4 is 28.1 Å². The summed E-state index contributed by atoms with van der Waals surface area (Å²) in [6, 6.07) is 9.47. The number of carbonyl (C=O) groups excluding carboxylic acids is 3. The third-order valence-electron chi connectivity index (χ3n) is 7.24. The van der Waals surface area contributed by atoms with Crippen LogP contribution in [-0.2, 0) is 40.4 Å². The number of ether oxygens (including phenoxy) is 3. The lowest BCUT2D eigenvalue weighted by Gasteiger charge is -2.46. The number of hydrogen-bond donors (Lipinski definition) is 2. The molecule has 0 spiro atoms. The van der Waals surface area contributed by atoms with Crippen molar-refractivity contribution < 1.29 is 46.5 Å². The summed E-state index contributed by atoms with van der Waals surface area (Å²) in [5.41, 5.74) is -1.14. The van der Waals surface area contributed by atoms with Crippen LogP contribution in [0.4, 0.5) is 4.79 Å². The number of amides is 1. The van der Waals surface area contributed by atoms with Gasteiger partial charge in [0.1, 0.15) is 17.5 Å². The van der Waals surface area contributed by atoms with Crippen molar-refractivity contribution in [2.75, 3.05) is 27.3 Å². The molecule has 1 saturated carbocycles. The number of esters is 2. The van der Waals surface area contributed by atoms with Gasteiger partial charge in [0, 0.05) is 25.4 Å². The highest BCUT2D eigenvalue weighted by molar-refractivity contribution is 7.89. The van der Waals surface area contributed by atoms with Gasteiger partial charge in [0.15, 0.2) is 0 Å². The van der Waals surface area contributed by atoms with Gasteiger partial charge in [0.25, 0.3) is 0 Å². The SMILES string of the molecule is COC(=O)[C@H]1C[C@H](OC(=O)NCc2ccco2)[C@@]2(O)CN(S(=O)(=O)c3ccc(C)cc3)CC2[C@H]1C(=O)OC. The lowest BCUT2D eigenvalue weighted by atomic mass is 9.64. The van der Waals surface area contributed by atoms with E-state index in [4.69, 9.17) is 18.6 Å². The molecule has 4 rings (SSSR count). The molecular formula is C25H30N2O10S. The average Bonchev–Trinajstić information content (AvgIpc) is 3.55. The second-order valence-electron chi connectivity index (χ2n) is 9.45. The predicted octanol–water partition coefficient (Wildman–Crippen LogP) is 1.22. The number of benzene rings is 1. The first-order valence-electron chi connectivity index (χ1n) is 11.9. The van der Waals surface area contributed by atoms with Gasteiger partial charge in [-0.1, -0.05) is 17.7 Å². The van der Waals surface area contributed by atoms with Gasteiger partial charge in [-0.15, -0.1) is 0 Å². The zero-order valence-electron chi connectivity index (χ0n) is 21.2. The zero-order valence-corrected chi connectivity index (χ0v) is 22.0. The molecule has 1 unspecified atom stereocenters. The van der Waals surface area contributed by atoms with Gasteiger partial charge in [-0.3, -0.25) is 9.59 Å². The highest BCUT2D eigenvalue weighted by Gasteiger charge is 2.65. The van der Waals surface area contributed by atoms with Gasteiger partial charge >= 0.3 is 18.0 Å². The number of alkyl carbamates (subject to hydrolysis) is 1. The lowest BCUT2D eigenvalue weighted by molar-refractivity contribution is -0.186. The van der Waals surface area contributed by atoms with Crippen molar-refractivity contribution in [1.82, 2.24) is 9.62 Å². The smallest absolute Gasteiger partial charge is 0.407 e. The van der Waals surface area contributed by atoms with Gasteiger partial charge < -0.3 is 29.1 Å². The van der Waals surface area contributed by atoms with Gasteiger partial charge in [-0.2, -0.15) is 4.31 Å². The molecule has 0 radical (unpaired) electrons. The van der Waals surface area contributed by atoms with Crippen molar-refractivity contribution in [3.8, 4) is 0 Å².